The van der Waals surface area contributed by atoms with E-state index >= 15 is 0 Å². The topological polar surface area (TPSA) is 135 Å². The first-order chi connectivity index (χ1) is 13.2. The molecule has 0 amide bonds. The summed E-state index contributed by atoms with van der Waals surface area (Å²) in [5.74, 6) is -0.675. The van der Waals surface area contributed by atoms with Crippen molar-refractivity contribution in [3.05, 3.63) is 16.7 Å². The lowest BCUT2D eigenvalue weighted by molar-refractivity contribution is -0.278. The van der Waals surface area contributed by atoms with Crippen molar-refractivity contribution in [2.45, 2.75) is 57.4 Å². The van der Waals surface area contributed by atoms with E-state index < -0.39 is 36.7 Å². The number of methoxy groups -OCH3 is 1. The van der Waals surface area contributed by atoms with Crippen molar-refractivity contribution >= 4 is 17.6 Å². The van der Waals surface area contributed by atoms with Crippen LogP contribution in [0.5, 0.6) is 17.2 Å². The molecule has 1 aliphatic heterocycles. The second-order valence-corrected chi connectivity index (χ2v) is 6.78. The summed E-state index contributed by atoms with van der Waals surface area (Å²) in [7, 11) is 1.41. The first-order valence-corrected chi connectivity index (χ1v) is 9.17. The lowest BCUT2D eigenvalue weighted by atomic mass is 9.99. The van der Waals surface area contributed by atoms with Gasteiger partial charge < -0.3 is 39.4 Å². The molecule has 0 spiro atoms. The minimum atomic E-state index is -1.63. The van der Waals surface area contributed by atoms with Crippen LogP contribution in [0.3, 0.4) is 0 Å². The first-order valence-electron chi connectivity index (χ1n) is 8.79. The Labute approximate surface area is 167 Å². The molecule has 0 aliphatic carbocycles. The fourth-order valence-corrected chi connectivity index (χ4v) is 3.19. The van der Waals surface area contributed by atoms with E-state index in [0.29, 0.717) is 18.4 Å². The van der Waals surface area contributed by atoms with Crippen molar-refractivity contribution in [2.24, 2.45) is 0 Å². The number of halogens is 1. The summed E-state index contributed by atoms with van der Waals surface area (Å²) in [5.41, 5.74) is 0.439. The van der Waals surface area contributed by atoms with E-state index in [1.165, 1.54) is 20.1 Å². The van der Waals surface area contributed by atoms with Crippen LogP contribution in [0.25, 0.3) is 0 Å². The molecule has 0 aromatic heterocycles. The van der Waals surface area contributed by atoms with Gasteiger partial charge in [0.15, 0.2) is 11.5 Å². The number of rotatable bonds is 7. The summed E-state index contributed by atoms with van der Waals surface area (Å²) in [4.78, 5) is 11.0. The summed E-state index contributed by atoms with van der Waals surface area (Å²) >= 11 is 6.32. The molecule has 1 aromatic rings. The molecule has 28 heavy (non-hydrogen) atoms. The maximum Gasteiger partial charge on any atom is 0.302 e. The minimum absolute atomic E-state index is 0.0356. The van der Waals surface area contributed by atoms with Crippen molar-refractivity contribution in [3.8, 4) is 17.2 Å². The summed E-state index contributed by atoms with van der Waals surface area (Å²) in [6.45, 7) is 2.73. The van der Waals surface area contributed by atoms with E-state index in [1.807, 2.05) is 6.92 Å². The van der Waals surface area contributed by atoms with E-state index in [1.54, 1.807) is 0 Å². The molecule has 1 aromatic carbocycles. The number of aromatic hydroxyl groups is 1. The molecule has 0 unspecified atom stereocenters. The number of aliphatic hydroxyl groups is 3. The van der Waals surface area contributed by atoms with Gasteiger partial charge in [-0.15, -0.1) is 0 Å². The van der Waals surface area contributed by atoms with Gasteiger partial charge in [0, 0.05) is 18.6 Å². The summed E-state index contributed by atoms with van der Waals surface area (Å²) in [6.07, 6.45) is -6.24. The van der Waals surface area contributed by atoms with Gasteiger partial charge in [-0.3, -0.25) is 4.79 Å². The van der Waals surface area contributed by atoms with E-state index in [9.17, 15) is 25.2 Å². The van der Waals surface area contributed by atoms with Crippen LogP contribution in [0.4, 0.5) is 0 Å². The number of esters is 1. The molecule has 2 rings (SSSR count). The zero-order valence-electron chi connectivity index (χ0n) is 15.8. The standard InChI is InChI=1S/C18H25ClO9/c1-4-5-9-13(19)11(25-3)6-10(21)17(9)28-18-16(24)15(23)14(22)12(27-18)7-26-8(2)20/h6,12,14-16,18,21-24H,4-5,7H2,1-3H3/t12-,14-,15+,16-,18+/m1/s1. The predicted octanol–water partition coefficient (Wildman–Crippen LogP) is 0.756. The lowest BCUT2D eigenvalue weighted by Crippen LogP contribution is -2.60. The maximum absolute atomic E-state index is 11.0. The summed E-state index contributed by atoms with van der Waals surface area (Å²) in [5, 5.41) is 41.0. The van der Waals surface area contributed by atoms with Crippen LogP contribution < -0.4 is 9.47 Å². The third-order valence-corrected chi connectivity index (χ3v) is 4.74. The van der Waals surface area contributed by atoms with E-state index in [4.69, 9.17) is 30.5 Å². The van der Waals surface area contributed by atoms with Crippen LogP contribution in [-0.4, -0.2) is 70.8 Å². The summed E-state index contributed by atoms with van der Waals surface area (Å²) < 4.78 is 21.1. The lowest BCUT2D eigenvalue weighted by Gasteiger charge is -2.40. The number of aliphatic hydroxyl groups excluding tert-OH is 3. The predicted molar refractivity (Wildman–Crippen MR) is 97.6 cm³/mol. The van der Waals surface area contributed by atoms with Gasteiger partial charge in [0.05, 0.1) is 12.1 Å². The molecule has 0 saturated carbocycles. The molecule has 1 aliphatic rings. The number of carbonyl (C=O) groups excluding carboxylic acids is 1. The van der Waals surface area contributed by atoms with Crippen LogP contribution in [0.2, 0.25) is 5.02 Å². The Morgan fingerprint density at radius 3 is 2.50 bits per heavy atom. The van der Waals surface area contributed by atoms with Gasteiger partial charge in [0.25, 0.3) is 0 Å². The van der Waals surface area contributed by atoms with Crippen LogP contribution in [0, 0.1) is 0 Å². The zero-order chi connectivity index (χ0) is 21.0. The molecule has 1 fully saturated rings. The van der Waals surface area contributed by atoms with Crippen molar-refractivity contribution in [1.29, 1.82) is 0 Å². The SMILES string of the molecule is CCCc1c(Cl)c(OC)cc(O)c1O[C@@H]1O[C@H](COC(C)=O)[C@@H](O)[C@H](O)[C@H]1O. The molecule has 4 N–H and O–H groups in total. The third-order valence-electron chi connectivity index (χ3n) is 4.33. The largest absolute Gasteiger partial charge is 0.504 e. The number of hydrogen-bond acceptors (Lipinski definition) is 9. The molecular formula is C18H25ClO9. The number of carbonyl (C=O) groups is 1. The average Bonchev–Trinajstić information content (AvgIpc) is 2.66. The van der Waals surface area contributed by atoms with Crippen LogP contribution >= 0.6 is 11.6 Å². The van der Waals surface area contributed by atoms with Crippen LogP contribution in [0.1, 0.15) is 25.8 Å². The highest BCUT2D eigenvalue weighted by Crippen LogP contribution is 2.43. The Morgan fingerprint density at radius 1 is 1.25 bits per heavy atom. The van der Waals surface area contributed by atoms with Crippen LogP contribution in [0.15, 0.2) is 6.07 Å². The van der Waals surface area contributed by atoms with Gasteiger partial charge in [-0.1, -0.05) is 24.9 Å². The number of phenols is 1. The number of ether oxygens (including phenoxy) is 4. The van der Waals surface area contributed by atoms with Gasteiger partial charge >= 0.3 is 5.97 Å². The molecular weight excluding hydrogens is 396 g/mol. The minimum Gasteiger partial charge on any atom is -0.504 e. The second kappa shape index (κ2) is 9.62. The molecule has 158 valence electrons. The van der Waals surface area contributed by atoms with Gasteiger partial charge in [0.2, 0.25) is 6.29 Å². The Kier molecular flexibility index (Phi) is 7.73. The highest BCUT2D eigenvalue weighted by atomic mass is 35.5. The molecule has 9 nitrogen and oxygen atoms in total. The van der Waals surface area contributed by atoms with E-state index in [-0.39, 0.29) is 28.9 Å². The number of hydrogen-bond donors (Lipinski definition) is 4. The van der Waals surface area contributed by atoms with E-state index in [0.717, 1.165) is 0 Å². The Bertz CT molecular complexity index is 696. The molecule has 0 radical (unpaired) electrons. The Morgan fingerprint density at radius 2 is 1.93 bits per heavy atom. The van der Waals surface area contributed by atoms with E-state index in [2.05, 4.69) is 0 Å². The smallest absolute Gasteiger partial charge is 0.302 e. The number of phenolic OH excluding ortho intramolecular Hbond substituents is 1. The first kappa shape index (κ1) is 22.5. The quantitative estimate of drug-likeness (QED) is 0.471. The molecule has 1 saturated heterocycles. The molecule has 5 atom stereocenters. The molecule has 0 bridgehead atoms. The fraction of sp³-hybridized carbons (Fsp3) is 0.611. The van der Waals surface area contributed by atoms with Crippen molar-refractivity contribution in [2.75, 3.05) is 13.7 Å². The van der Waals surface area contributed by atoms with Crippen molar-refractivity contribution < 1.29 is 44.2 Å². The van der Waals surface area contributed by atoms with Crippen LogP contribution in [-0.2, 0) is 20.7 Å². The van der Waals surface area contributed by atoms with Crippen molar-refractivity contribution in [1.82, 2.24) is 0 Å². The highest BCUT2D eigenvalue weighted by Gasteiger charge is 2.46. The average molecular weight is 421 g/mol. The monoisotopic (exact) mass is 420 g/mol. The summed E-state index contributed by atoms with van der Waals surface area (Å²) in [6, 6.07) is 1.26. The highest BCUT2D eigenvalue weighted by molar-refractivity contribution is 6.33. The fourth-order valence-electron chi connectivity index (χ4n) is 2.88. The Balaban J connectivity index is 2.32. The molecule has 1 heterocycles. The van der Waals surface area contributed by atoms with Gasteiger partial charge in [-0.05, 0) is 6.42 Å². The second-order valence-electron chi connectivity index (χ2n) is 6.40. The van der Waals surface area contributed by atoms with Gasteiger partial charge in [0.1, 0.15) is 36.8 Å². The third kappa shape index (κ3) is 4.79. The van der Waals surface area contributed by atoms with Gasteiger partial charge in [-0.2, -0.15) is 0 Å². The number of benzene rings is 1. The Hall–Kier alpha value is -1.78. The zero-order valence-corrected chi connectivity index (χ0v) is 16.5. The maximum atomic E-state index is 11.0. The van der Waals surface area contributed by atoms with Crippen molar-refractivity contribution in [3.63, 3.8) is 0 Å². The molecule has 10 heteroatoms. The normalized spacial score (nSPS) is 27.3. The van der Waals surface area contributed by atoms with Gasteiger partial charge in [-0.25, -0.2) is 0 Å².